The molecular formula is C22H25ClF3N3O3. The standard InChI is InChI=1S/C22H25ClF3N3O3/c1-16(21(30)27-17-6-8-18(9-7-17)32-22(24,25)26)29-12-10-28(11-13-29)14-15-31-20-5-3-2-4-19(20)23/h2-9,16H,10-15H2,1H3,(H,27,30). The predicted molar refractivity (Wildman–Crippen MR) is 116 cm³/mol. The highest BCUT2D eigenvalue weighted by Gasteiger charge is 2.31. The van der Waals surface area contributed by atoms with Crippen LogP contribution in [0.25, 0.3) is 0 Å². The molecule has 3 rings (SSSR count). The van der Waals surface area contributed by atoms with E-state index in [-0.39, 0.29) is 17.7 Å². The summed E-state index contributed by atoms with van der Waals surface area (Å²) >= 11 is 6.09. The van der Waals surface area contributed by atoms with Gasteiger partial charge in [-0.15, -0.1) is 13.2 Å². The summed E-state index contributed by atoms with van der Waals surface area (Å²) in [7, 11) is 0. The highest BCUT2D eigenvalue weighted by Crippen LogP contribution is 2.24. The number of benzene rings is 2. The number of hydrogen-bond acceptors (Lipinski definition) is 5. The smallest absolute Gasteiger partial charge is 0.491 e. The van der Waals surface area contributed by atoms with Gasteiger partial charge in [-0.1, -0.05) is 23.7 Å². The van der Waals surface area contributed by atoms with Gasteiger partial charge < -0.3 is 14.8 Å². The first-order valence-electron chi connectivity index (χ1n) is 10.2. The Labute approximate surface area is 189 Å². The molecule has 1 atom stereocenters. The minimum atomic E-state index is -4.75. The van der Waals surface area contributed by atoms with E-state index in [2.05, 4.69) is 19.9 Å². The van der Waals surface area contributed by atoms with E-state index in [9.17, 15) is 18.0 Å². The highest BCUT2D eigenvalue weighted by molar-refractivity contribution is 6.32. The van der Waals surface area contributed by atoms with Crippen molar-refractivity contribution in [3.8, 4) is 11.5 Å². The fraction of sp³-hybridized carbons (Fsp3) is 0.409. The fourth-order valence-electron chi connectivity index (χ4n) is 3.37. The number of hydrogen-bond donors (Lipinski definition) is 1. The summed E-state index contributed by atoms with van der Waals surface area (Å²) in [5, 5.41) is 3.32. The molecule has 174 valence electrons. The summed E-state index contributed by atoms with van der Waals surface area (Å²) in [6, 6.07) is 12.0. The lowest BCUT2D eigenvalue weighted by Crippen LogP contribution is -2.53. The Balaban J connectivity index is 1.40. The van der Waals surface area contributed by atoms with Crippen LogP contribution in [0.4, 0.5) is 18.9 Å². The second-order valence-electron chi connectivity index (χ2n) is 7.39. The van der Waals surface area contributed by atoms with Crippen molar-refractivity contribution in [2.24, 2.45) is 0 Å². The molecule has 1 amide bonds. The number of halogens is 4. The zero-order chi connectivity index (χ0) is 23.1. The molecule has 6 nitrogen and oxygen atoms in total. The Kier molecular flexibility index (Phi) is 8.22. The van der Waals surface area contributed by atoms with Crippen LogP contribution < -0.4 is 14.8 Å². The number of rotatable bonds is 8. The van der Waals surface area contributed by atoms with Crippen molar-refractivity contribution < 1.29 is 27.4 Å². The van der Waals surface area contributed by atoms with Crippen molar-refractivity contribution in [2.45, 2.75) is 19.3 Å². The van der Waals surface area contributed by atoms with E-state index >= 15 is 0 Å². The van der Waals surface area contributed by atoms with Crippen molar-refractivity contribution >= 4 is 23.2 Å². The molecule has 32 heavy (non-hydrogen) atoms. The minimum absolute atomic E-state index is 0.218. The summed E-state index contributed by atoms with van der Waals surface area (Å²) in [6.07, 6.45) is -4.75. The van der Waals surface area contributed by atoms with Crippen molar-refractivity contribution in [3.05, 3.63) is 53.6 Å². The highest BCUT2D eigenvalue weighted by atomic mass is 35.5. The van der Waals surface area contributed by atoms with E-state index in [4.69, 9.17) is 16.3 Å². The van der Waals surface area contributed by atoms with Crippen LogP contribution in [-0.2, 0) is 4.79 Å². The molecule has 2 aromatic carbocycles. The Morgan fingerprint density at radius 3 is 2.38 bits per heavy atom. The van der Waals surface area contributed by atoms with Gasteiger partial charge in [0.05, 0.1) is 11.1 Å². The first-order valence-corrected chi connectivity index (χ1v) is 10.6. The first kappa shape index (κ1) is 24.2. The molecule has 1 N–H and O–H groups in total. The molecular weight excluding hydrogens is 447 g/mol. The molecule has 1 unspecified atom stereocenters. The molecule has 1 fully saturated rings. The Morgan fingerprint density at radius 1 is 1.09 bits per heavy atom. The van der Waals surface area contributed by atoms with Gasteiger partial charge in [0.1, 0.15) is 18.1 Å². The molecule has 1 aliphatic heterocycles. The lowest BCUT2D eigenvalue weighted by Gasteiger charge is -2.37. The molecule has 1 aliphatic rings. The number of piperazine rings is 1. The van der Waals surface area contributed by atoms with Crippen molar-refractivity contribution in [1.29, 1.82) is 0 Å². The number of carbonyl (C=O) groups is 1. The minimum Gasteiger partial charge on any atom is -0.491 e. The largest absolute Gasteiger partial charge is 0.573 e. The predicted octanol–water partition coefficient (Wildman–Crippen LogP) is 4.26. The maximum Gasteiger partial charge on any atom is 0.573 e. The van der Waals surface area contributed by atoms with Crippen molar-refractivity contribution in [1.82, 2.24) is 9.80 Å². The van der Waals surface area contributed by atoms with Crippen LogP contribution in [-0.4, -0.2) is 67.4 Å². The SMILES string of the molecule is CC(C(=O)Nc1ccc(OC(F)(F)F)cc1)N1CCN(CCOc2ccccc2Cl)CC1. The summed E-state index contributed by atoms with van der Waals surface area (Å²) in [4.78, 5) is 16.9. The Bertz CT molecular complexity index is 888. The quantitative estimate of drug-likeness (QED) is 0.623. The van der Waals surface area contributed by atoms with Crippen molar-refractivity contribution in [3.63, 3.8) is 0 Å². The zero-order valence-electron chi connectivity index (χ0n) is 17.6. The molecule has 0 radical (unpaired) electrons. The van der Waals surface area contributed by atoms with Crippen LogP contribution >= 0.6 is 11.6 Å². The number of alkyl halides is 3. The third-order valence-electron chi connectivity index (χ3n) is 5.19. The van der Waals surface area contributed by atoms with Gasteiger partial charge >= 0.3 is 6.36 Å². The van der Waals surface area contributed by atoms with Gasteiger partial charge in [0.2, 0.25) is 5.91 Å². The fourth-order valence-corrected chi connectivity index (χ4v) is 3.56. The monoisotopic (exact) mass is 471 g/mol. The number of carbonyl (C=O) groups excluding carboxylic acids is 1. The number of nitrogens with one attached hydrogen (secondary N) is 1. The Morgan fingerprint density at radius 2 is 1.75 bits per heavy atom. The molecule has 0 saturated carbocycles. The second-order valence-corrected chi connectivity index (χ2v) is 7.80. The van der Waals surface area contributed by atoms with E-state index in [0.29, 0.717) is 23.1 Å². The molecule has 10 heteroatoms. The van der Waals surface area contributed by atoms with Gasteiger partial charge in [-0.3, -0.25) is 14.6 Å². The Hall–Kier alpha value is -2.49. The topological polar surface area (TPSA) is 54.0 Å². The van der Waals surface area contributed by atoms with E-state index in [0.717, 1.165) is 44.9 Å². The van der Waals surface area contributed by atoms with Crippen molar-refractivity contribution in [2.75, 3.05) is 44.6 Å². The van der Waals surface area contributed by atoms with Crippen LogP contribution in [0.3, 0.4) is 0 Å². The van der Waals surface area contributed by atoms with E-state index < -0.39 is 6.36 Å². The van der Waals surface area contributed by atoms with Crippen LogP contribution in [0.5, 0.6) is 11.5 Å². The van der Waals surface area contributed by atoms with E-state index in [1.165, 1.54) is 12.1 Å². The van der Waals surface area contributed by atoms with Gasteiger partial charge in [0.15, 0.2) is 0 Å². The molecule has 1 heterocycles. The van der Waals surface area contributed by atoms with Crippen LogP contribution in [0.1, 0.15) is 6.92 Å². The van der Waals surface area contributed by atoms with Gasteiger partial charge in [-0.25, -0.2) is 0 Å². The number of nitrogens with zero attached hydrogens (tertiary/aromatic N) is 2. The average Bonchev–Trinajstić information content (AvgIpc) is 2.75. The molecule has 0 aliphatic carbocycles. The summed E-state index contributed by atoms with van der Waals surface area (Å²) < 4.78 is 46.3. The number of para-hydroxylation sites is 1. The maximum absolute atomic E-state index is 12.6. The normalized spacial score (nSPS) is 16.4. The lowest BCUT2D eigenvalue weighted by molar-refractivity contribution is -0.274. The number of ether oxygens (including phenoxy) is 2. The summed E-state index contributed by atoms with van der Waals surface area (Å²) in [5.74, 6) is 0.110. The maximum atomic E-state index is 12.6. The second kappa shape index (κ2) is 10.9. The van der Waals surface area contributed by atoms with E-state index in [1.54, 1.807) is 6.07 Å². The van der Waals surface area contributed by atoms with Gasteiger partial charge in [-0.2, -0.15) is 0 Å². The molecule has 2 aromatic rings. The van der Waals surface area contributed by atoms with Gasteiger partial charge in [0.25, 0.3) is 0 Å². The average molecular weight is 472 g/mol. The lowest BCUT2D eigenvalue weighted by atomic mass is 10.2. The number of anilines is 1. The van der Waals surface area contributed by atoms with Gasteiger partial charge in [-0.05, 0) is 43.3 Å². The summed E-state index contributed by atoms with van der Waals surface area (Å²) in [6.45, 7) is 6.13. The molecule has 1 saturated heterocycles. The molecule has 0 aromatic heterocycles. The third kappa shape index (κ3) is 7.29. The van der Waals surface area contributed by atoms with Crippen LogP contribution in [0.2, 0.25) is 5.02 Å². The molecule has 0 bridgehead atoms. The number of amides is 1. The third-order valence-corrected chi connectivity index (χ3v) is 5.50. The first-order chi connectivity index (χ1) is 15.2. The molecule has 0 spiro atoms. The zero-order valence-corrected chi connectivity index (χ0v) is 18.3. The summed E-state index contributed by atoms with van der Waals surface area (Å²) in [5.41, 5.74) is 0.409. The van der Waals surface area contributed by atoms with E-state index in [1.807, 2.05) is 25.1 Å². The van der Waals surface area contributed by atoms with Crippen LogP contribution in [0.15, 0.2) is 48.5 Å². The van der Waals surface area contributed by atoms with Gasteiger partial charge in [0, 0.05) is 38.4 Å². The van der Waals surface area contributed by atoms with Crippen LogP contribution in [0, 0.1) is 0 Å².